The van der Waals surface area contributed by atoms with Gasteiger partial charge in [0.05, 0.1) is 0 Å². The van der Waals surface area contributed by atoms with Crippen molar-refractivity contribution in [3.05, 3.63) is 0 Å². The van der Waals surface area contributed by atoms with Crippen molar-refractivity contribution in [1.82, 2.24) is 0 Å². The zero-order chi connectivity index (χ0) is 6.15. The SMILES string of the molecule is O=[P+]1CC(O)C(Cl)C1. The fourth-order valence-electron chi connectivity index (χ4n) is 0.714. The third-order valence-electron chi connectivity index (χ3n) is 1.19. The minimum Gasteiger partial charge on any atom is -0.387 e. The topological polar surface area (TPSA) is 37.3 Å². The molecule has 1 heterocycles. The van der Waals surface area contributed by atoms with Gasteiger partial charge in [0.1, 0.15) is 11.5 Å². The highest BCUT2D eigenvalue weighted by Gasteiger charge is 2.39. The highest BCUT2D eigenvalue weighted by molar-refractivity contribution is 7.45. The second-order valence-corrected chi connectivity index (χ2v) is 4.18. The molecule has 1 N–H and O–H groups in total. The molecule has 1 saturated heterocycles. The van der Waals surface area contributed by atoms with Crippen LogP contribution in [0.4, 0.5) is 0 Å². The van der Waals surface area contributed by atoms with Crippen molar-refractivity contribution in [2.75, 3.05) is 12.3 Å². The quantitative estimate of drug-likeness (QED) is 0.413. The number of rotatable bonds is 0. The first-order valence-electron chi connectivity index (χ1n) is 2.44. The van der Waals surface area contributed by atoms with Gasteiger partial charge in [-0.2, -0.15) is 0 Å². The van der Waals surface area contributed by atoms with Crippen LogP contribution in [-0.2, 0) is 4.57 Å². The molecule has 0 aromatic carbocycles. The molecule has 8 heavy (non-hydrogen) atoms. The van der Waals surface area contributed by atoms with Gasteiger partial charge in [0.25, 0.3) is 0 Å². The molecule has 0 aliphatic carbocycles. The number of hydrogen-bond acceptors (Lipinski definition) is 2. The molecule has 3 unspecified atom stereocenters. The van der Waals surface area contributed by atoms with E-state index in [9.17, 15) is 4.57 Å². The van der Waals surface area contributed by atoms with Gasteiger partial charge in [-0.1, -0.05) is 4.57 Å². The van der Waals surface area contributed by atoms with E-state index in [1.807, 2.05) is 0 Å². The lowest BCUT2D eigenvalue weighted by atomic mass is 10.3. The maximum atomic E-state index is 10.6. The predicted molar refractivity (Wildman–Crippen MR) is 33.0 cm³/mol. The van der Waals surface area contributed by atoms with Crippen molar-refractivity contribution >= 4 is 19.4 Å². The molecule has 0 aromatic heterocycles. The summed E-state index contributed by atoms with van der Waals surface area (Å²) < 4.78 is 10.6. The zero-order valence-electron chi connectivity index (χ0n) is 4.25. The Kier molecular flexibility index (Phi) is 1.86. The molecule has 0 radical (unpaired) electrons. The molecule has 0 aromatic rings. The summed E-state index contributed by atoms with van der Waals surface area (Å²) in [7, 11) is -1.18. The molecular formula is C4H7ClO2P+. The zero-order valence-corrected chi connectivity index (χ0v) is 5.90. The third-order valence-corrected chi connectivity index (χ3v) is 3.43. The van der Waals surface area contributed by atoms with Crippen LogP contribution in [0.3, 0.4) is 0 Å². The Morgan fingerprint density at radius 3 is 2.38 bits per heavy atom. The maximum Gasteiger partial charge on any atom is 0.343 e. The van der Waals surface area contributed by atoms with Gasteiger partial charge in [0.15, 0.2) is 12.3 Å². The van der Waals surface area contributed by atoms with Gasteiger partial charge in [-0.25, -0.2) is 0 Å². The highest BCUT2D eigenvalue weighted by atomic mass is 35.5. The van der Waals surface area contributed by atoms with E-state index in [2.05, 4.69) is 0 Å². The fraction of sp³-hybridized carbons (Fsp3) is 1.00. The number of hydrogen-bond donors (Lipinski definition) is 1. The number of halogens is 1. The second-order valence-electron chi connectivity index (χ2n) is 1.93. The smallest absolute Gasteiger partial charge is 0.343 e. The van der Waals surface area contributed by atoms with Crippen LogP contribution in [0.5, 0.6) is 0 Å². The third kappa shape index (κ3) is 1.19. The van der Waals surface area contributed by atoms with Gasteiger partial charge in [-0.3, -0.25) is 0 Å². The first-order valence-corrected chi connectivity index (χ1v) is 4.51. The highest BCUT2D eigenvalue weighted by Crippen LogP contribution is 2.34. The molecule has 0 saturated carbocycles. The largest absolute Gasteiger partial charge is 0.387 e. The van der Waals surface area contributed by atoms with Crippen LogP contribution < -0.4 is 0 Å². The van der Waals surface area contributed by atoms with Crippen LogP contribution >= 0.6 is 19.4 Å². The molecule has 1 aliphatic rings. The fourth-order valence-corrected chi connectivity index (χ4v) is 2.84. The van der Waals surface area contributed by atoms with Crippen LogP contribution in [0.15, 0.2) is 0 Å². The van der Waals surface area contributed by atoms with Gasteiger partial charge in [0.2, 0.25) is 0 Å². The summed E-state index contributed by atoms with van der Waals surface area (Å²) in [5, 5.41) is 8.59. The monoisotopic (exact) mass is 153 g/mol. The molecule has 46 valence electrons. The number of aliphatic hydroxyl groups excluding tert-OH is 1. The average molecular weight is 154 g/mol. The van der Waals surface area contributed by atoms with E-state index in [0.717, 1.165) is 0 Å². The van der Waals surface area contributed by atoms with Crippen LogP contribution in [-0.4, -0.2) is 28.9 Å². The van der Waals surface area contributed by atoms with Gasteiger partial charge >= 0.3 is 7.80 Å². The predicted octanol–water partition coefficient (Wildman–Crippen LogP) is 0.796. The molecule has 4 heteroatoms. The summed E-state index contributed by atoms with van der Waals surface area (Å²) in [6.45, 7) is 0. The van der Waals surface area contributed by atoms with Crippen molar-refractivity contribution in [3.8, 4) is 0 Å². The average Bonchev–Trinajstić information content (AvgIpc) is 1.85. The molecule has 1 rings (SSSR count). The minimum atomic E-state index is -1.18. The van der Waals surface area contributed by atoms with E-state index in [1.54, 1.807) is 0 Å². The van der Waals surface area contributed by atoms with Crippen LogP contribution in [0.25, 0.3) is 0 Å². The van der Waals surface area contributed by atoms with E-state index >= 15 is 0 Å². The lowest BCUT2D eigenvalue weighted by Crippen LogP contribution is -2.16. The Morgan fingerprint density at radius 2 is 2.25 bits per heavy atom. The van der Waals surface area contributed by atoms with Crippen molar-refractivity contribution in [1.29, 1.82) is 0 Å². The number of aliphatic hydroxyl groups is 1. The second kappa shape index (κ2) is 2.30. The Balaban J connectivity index is 2.51. The molecule has 0 spiro atoms. The Hall–Kier alpha value is 0.350. The summed E-state index contributed by atoms with van der Waals surface area (Å²) in [6.07, 6.45) is 0.349. The molecule has 1 aliphatic heterocycles. The lowest BCUT2D eigenvalue weighted by molar-refractivity contribution is 0.205. The van der Waals surface area contributed by atoms with Gasteiger partial charge in [-0.05, 0) is 0 Å². The van der Waals surface area contributed by atoms with E-state index in [4.69, 9.17) is 16.7 Å². The van der Waals surface area contributed by atoms with Crippen molar-refractivity contribution in [2.24, 2.45) is 0 Å². The summed E-state index contributed by atoms with van der Waals surface area (Å²) in [4.78, 5) is 0. The van der Waals surface area contributed by atoms with Crippen LogP contribution in [0.2, 0.25) is 0 Å². The standard InChI is InChI=1S/C4H7ClO2P/c5-3-1-8(7)2-4(3)6/h3-4,6H,1-2H2/q+1. The Morgan fingerprint density at radius 1 is 1.62 bits per heavy atom. The number of alkyl halides is 1. The summed E-state index contributed by atoms with van der Waals surface area (Å²) in [5.74, 6) is 0. The van der Waals surface area contributed by atoms with E-state index < -0.39 is 13.9 Å². The van der Waals surface area contributed by atoms with Gasteiger partial charge in [0, 0.05) is 0 Å². The normalized spacial score (nSPS) is 43.0. The summed E-state index contributed by atoms with van der Waals surface area (Å²) in [5.41, 5.74) is 0. The first-order chi connectivity index (χ1) is 3.70. The van der Waals surface area contributed by atoms with Crippen LogP contribution in [0.1, 0.15) is 0 Å². The van der Waals surface area contributed by atoms with Gasteiger partial charge < -0.3 is 5.11 Å². The molecular weight excluding hydrogens is 146 g/mol. The molecule has 0 bridgehead atoms. The Labute approximate surface area is 53.6 Å². The first kappa shape index (κ1) is 6.47. The van der Waals surface area contributed by atoms with Crippen molar-refractivity contribution in [2.45, 2.75) is 11.5 Å². The molecule has 3 atom stereocenters. The molecule has 0 amide bonds. The maximum absolute atomic E-state index is 10.6. The Bertz CT molecular complexity index is 105. The van der Waals surface area contributed by atoms with E-state index in [-0.39, 0.29) is 5.38 Å². The van der Waals surface area contributed by atoms with Crippen LogP contribution in [0, 0.1) is 0 Å². The summed E-state index contributed by atoms with van der Waals surface area (Å²) in [6, 6.07) is 0. The molecule has 1 fully saturated rings. The van der Waals surface area contributed by atoms with Crippen molar-refractivity contribution < 1.29 is 9.67 Å². The minimum absolute atomic E-state index is 0.265. The lowest BCUT2D eigenvalue weighted by Gasteiger charge is -1.95. The van der Waals surface area contributed by atoms with Gasteiger partial charge in [-0.15, -0.1) is 11.6 Å². The van der Waals surface area contributed by atoms with E-state index in [0.29, 0.717) is 12.3 Å². The van der Waals surface area contributed by atoms with Crippen molar-refractivity contribution in [3.63, 3.8) is 0 Å². The molecule has 2 nitrogen and oxygen atoms in total. The van der Waals surface area contributed by atoms with E-state index in [1.165, 1.54) is 0 Å². The summed E-state index contributed by atoms with van der Waals surface area (Å²) >= 11 is 5.52.